The lowest BCUT2D eigenvalue weighted by atomic mass is 9.85. The van der Waals surface area contributed by atoms with Crippen LogP contribution in [-0.4, -0.2) is 15.6 Å². The molecule has 0 unspecified atom stereocenters. The number of aryl methyl sites for hydroxylation is 2. The van der Waals surface area contributed by atoms with Crippen LogP contribution in [-0.2, 0) is 18.3 Å². The number of hydrogen-bond acceptors (Lipinski definition) is 1. The van der Waals surface area contributed by atoms with Crippen molar-refractivity contribution in [3.63, 3.8) is 0 Å². The van der Waals surface area contributed by atoms with Crippen LogP contribution in [0.15, 0.2) is 24.3 Å². The van der Waals surface area contributed by atoms with Gasteiger partial charge in [0.1, 0.15) is 0 Å². The first kappa shape index (κ1) is 12.7. The third-order valence-electron chi connectivity index (χ3n) is 3.59. The Kier molecular flexibility index (Phi) is 2.93. The Labute approximate surface area is 107 Å². The summed E-state index contributed by atoms with van der Waals surface area (Å²) in [7, 11) is 2.02. The molecule has 0 bridgehead atoms. The second-order valence-corrected chi connectivity index (χ2v) is 5.57. The van der Waals surface area contributed by atoms with Crippen LogP contribution in [0, 0.1) is 12.3 Å². The van der Waals surface area contributed by atoms with Gasteiger partial charge in [0.25, 0.3) is 0 Å². The highest BCUT2D eigenvalue weighted by Crippen LogP contribution is 2.28. The molecule has 2 rings (SSSR count). The number of benzene rings is 1. The van der Waals surface area contributed by atoms with Gasteiger partial charge in [-0.05, 0) is 38.8 Å². The molecule has 18 heavy (non-hydrogen) atoms. The summed E-state index contributed by atoms with van der Waals surface area (Å²) in [5.74, 6) is -0.759. The van der Waals surface area contributed by atoms with Crippen LogP contribution in [0.25, 0.3) is 10.9 Å². The average molecular weight is 245 g/mol. The number of carboxylic acid groups (broad SMARTS) is 1. The number of aromatic nitrogens is 1. The van der Waals surface area contributed by atoms with Crippen molar-refractivity contribution in [3.05, 3.63) is 35.5 Å². The van der Waals surface area contributed by atoms with E-state index in [9.17, 15) is 9.90 Å². The summed E-state index contributed by atoms with van der Waals surface area (Å²) in [5.41, 5.74) is 2.68. The first-order valence-corrected chi connectivity index (χ1v) is 6.10. The second-order valence-electron chi connectivity index (χ2n) is 5.57. The fourth-order valence-electron chi connectivity index (χ4n) is 2.33. The predicted molar refractivity (Wildman–Crippen MR) is 72.8 cm³/mol. The molecule has 0 saturated carbocycles. The summed E-state index contributed by atoms with van der Waals surface area (Å²) >= 11 is 0. The van der Waals surface area contributed by atoms with E-state index in [0.717, 1.165) is 11.1 Å². The summed E-state index contributed by atoms with van der Waals surface area (Å²) < 4.78 is 2.13. The zero-order chi connectivity index (χ0) is 13.5. The topological polar surface area (TPSA) is 42.2 Å². The van der Waals surface area contributed by atoms with Gasteiger partial charge in [0.2, 0.25) is 0 Å². The van der Waals surface area contributed by atoms with E-state index in [0.29, 0.717) is 6.42 Å². The Morgan fingerprint density at radius 2 is 2.06 bits per heavy atom. The van der Waals surface area contributed by atoms with Gasteiger partial charge in [0, 0.05) is 18.1 Å². The van der Waals surface area contributed by atoms with E-state index in [4.69, 9.17) is 0 Å². The summed E-state index contributed by atoms with van der Waals surface area (Å²) in [6.07, 6.45) is 0.539. The van der Waals surface area contributed by atoms with E-state index in [-0.39, 0.29) is 0 Å². The standard InChI is InChI=1S/C15H19NO2/c1-10-8-11-6-5-7-12(13(11)16(10)4)9-15(2,3)14(17)18/h5-8H,9H2,1-4H3,(H,17,18). The van der Waals surface area contributed by atoms with Crippen LogP contribution in [0.4, 0.5) is 0 Å². The van der Waals surface area contributed by atoms with Gasteiger partial charge in [-0.15, -0.1) is 0 Å². The number of aliphatic carboxylic acids is 1. The molecule has 0 radical (unpaired) electrons. The highest BCUT2D eigenvalue weighted by atomic mass is 16.4. The van der Waals surface area contributed by atoms with Crippen molar-refractivity contribution < 1.29 is 9.90 Å². The van der Waals surface area contributed by atoms with E-state index in [2.05, 4.69) is 23.6 Å². The number of carbonyl (C=O) groups is 1. The molecule has 0 amide bonds. The van der Waals surface area contributed by atoms with Gasteiger partial charge < -0.3 is 9.67 Å². The maximum Gasteiger partial charge on any atom is 0.309 e. The number of rotatable bonds is 3. The van der Waals surface area contributed by atoms with Crippen LogP contribution < -0.4 is 0 Å². The number of hydrogen-bond donors (Lipinski definition) is 1. The van der Waals surface area contributed by atoms with Crippen molar-refractivity contribution in [2.45, 2.75) is 27.2 Å². The van der Waals surface area contributed by atoms with Crippen LogP contribution >= 0.6 is 0 Å². The fourth-order valence-corrected chi connectivity index (χ4v) is 2.33. The SMILES string of the molecule is Cc1cc2cccc(CC(C)(C)C(=O)O)c2n1C. The molecule has 1 aromatic carbocycles. The van der Waals surface area contributed by atoms with Crippen molar-refractivity contribution in [2.24, 2.45) is 12.5 Å². The molecule has 3 nitrogen and oxygen atoms in total. The molecular formula is C15H19NO2. The Morgan fingerprint density at radius 1 is 1.39 bits per heavy atom. The Morgan fingerprint density at radius 3 is 2.67 bits per heavy atom. The lowest BCUT2D eigenvalue weighted by Gasteiger charge is -2.20. The molecule has 2 aromatic rings. The minimum Gasteiger partial charge on any atom is -0.481 e. The Bertz CT molecular complexity index is 608. The largest absolute Gasteiger partial charge is 0.481 e. The summed E-state index contributed by atoms with van der Waals surface area (Å²) in [6.45, 7) is 5.60. The highest BCUT2D eigenvalue weighted by Gasteiger charge is 2.28. The first-order chi connectivity index (χ1) is 8.33. The molecular weight excluding hydrogens is 226 g/mol. The lowest BCUT2D eigenvalue weighted by molar-refractivity contribution is -0.146. The molecule has 0 spiro atoms. The summed E-state index contributed by atoms with van der Waals surface area (Å²) in [5, 5.41) is 10.4. The van der Waals surface area contributed by atoms with E-state index in [1.54, 1.807) is 13.8 Å². The molecule has 0 aliphatic rings. The number of para-hydroxylation sites is 1. The molecule has 0 aliphatic heterocycles. The summed E-state index contributed by atoms with van der Waals surface area (Å²) in [6, 6.07) is 8.22. The van der Waals surface area contributed by atoms with Crippen LogP contribution in [0.1, 0.15) is 25.1 Å². The monoisotopic (exact) mass is 245 g/mol. The van der Waals surface area contributed by atoms with E-state index >= 15 is 0 Å². The average Bonchev–Trinajstić information content (AvgIpc) is 2.55. The maximum absolute atomic E-state index is 11.2. The molecule has 1 heterocycles. The molecule has 0 fully saturated rings. The van der Waals surface area contributed by atoms with Gasteiger partial charge >= 0.3 is 5.97 Å². The van der Waals surface area contributed by atoms with Gasteiger partial charge in [-0.25, -0.2) is 0 Å². The molecule has 0 saturated heterocycles. The molecule has 0 aliphatic carbocycles. The molecule has 0 atom stereocenters. The van der Waals surface area contributed by atoms with Crippen molar-refractivity contribution in [1.82, 2.24) is 4.57 Å². The molecule has 3 heteroatoms. The number of nitrogens with zero attached hydrogens (tertiary/aromatic N) is 1. The van der Waals surface area contributed by atoms with Gasteiger partial charge in [-0.1, -0.05) is 18.2 Å². The van der Waals surface area contributed by atoms with Crippen LogP contribution in [0.2, 0.25) is 0 Å². The fraction of sp³-hybridized carbons (Fsp3) is 0.400. The first-order valence-electron chi connectivity index (χ1n) is 6.10. The van der Waals surface area contributed by atoms with Gasteiger partial charge in [-0.3, -0.25) is 4.79 Å². The third-order valence-corrected chi connectivity index (χ3v) is 3.59. The minimum absolute atomic E-state index is 0.539. The molecule has 96 valence electrons. The second kappa shape index (κ2) is 4.16. The van der Waals surface area contributed by atoms with E-state index in [1.165, 1.54) is 11.1 Å². The quantitative estimate of drug-likeness (QED) is 0.902. The smallest absolute Gasteiger partial charge is 0.309 e. The Hall–Kier alpha value is -1.77. The van der Waals surface area contributed by atoms with Gasteiger partial charge in [0.15, 0.2) is 0 Å². The zero-order valence-corrected chi connectivity index (χ0v) is 11.3. The highest BCUT2D eigenvalue weighted by molar-refractivity contribution is 5.85. The summed E-state index contributed by atoms with van der Waals surface area (Å²) in [4.78, 5) is 11.2. The molecule has 1 N–H and O–H groups in total. The Balaban J connectivity index is 2.55. The van der Waals surface area contributed by atoms with E-state index < -0.39 is 11.4 Å². The normalized spacial score (nSPS) is 12.0. The van der Waals surface area contributed by atoms with Gasteiger partial charge in [0.05, 0.1) is 10.9 Å². The van der Waals surface area contributed by atoms with E-state index in [1.807, 2.05) is 19.2 Å². The lowest BCUT2D eigenvalue weighted by Crippen LogP contribution is -2.26. The minimum atomic E-state index is -0.759. The molecule has 1 aromatic heterocycles. The van der Waals surface area contributed by atoms with Crippen molar-refractivity contribution >= 4 is 16.9 Å². The third kappa shape index (κ3) is 2.01. The van der Waals surface area contributed by atoms with Crippen LogP contribution in [0.5, 0.6) is 0 Å². The number of fused-ring (bicyclic) bond motifs is 1. The maximum atomic E-state index is 11.2. The van der Waals surface area contributed by atoms with Crippen molar-refractivity contribution in [1.29, 1.82) is 0 Å². The number of carboxylic acids is 1. The van der Waals surface area contributed by atoms with Crippen LogP contribution in [0.3, 0.4) is 0 Å². The predicted octanol–water partition coefficient (Wildman–Crippen LogP) is 3.14. The van der Waals surface area contributed by atoms with Crippen molar-refractivity contribution in [3.8, 4) is 0 Å². The van der Waals surface area contributed by atoms with Crippen molar-refractivity contribution in [2.75, 3.05) is 0 Å². The zero-order valence-electron chi connectivity index (χ0n) is 11.3. The van der Waals surface area contributed by atoms with Gasteiger partial charge in [-0.2, -0.15) is 0 Å².